The molecule has 7 heteroatoms. The molecular weight excluding hydrogens is 421 g/mol. The molecule has 3 aliphatic rings. The van der Waals surface area contributed by atoms with Crippen LogP contribution in [0.4, 0.5) is 4.79 Å². The molecule has 2 aliphatic heterocycles. The second-order valence-corrected chi connectivity index (χ2v) is 9.47. The van der Waals surface area contributed by atoms with Gasteiger partial charge in [-0.25, -0.2) is 4.79 Å². The zero-order valence-corrected chi connectivity index (χ0v) is 21.9. The summed E-state index contributed by atoms with van der Waals surface area (Å²) in [5.41, 5.74) is 2.35. The van der Waals surface area contributed by atoms with Crippen LogP contribution in [-0.2, 0) is 4.74 Å². The molecule has 1 aromatic carbocycles. The second kappa shape index (κ2) is 11.9. The van der Waals surface area contributed by atoms with Crippen molar-refractivity contribution in [2.24, 2.45) is 0 Å². The third-order valence-electron chi connectivity index (χ3n) is 5.59. The summed E-state index contributed by atoms with van der Waals surface area (Å²) in [6, 6.07) is 8.89. The Morgan fingerprint density at radius 3 is 2.71 bits per heavy atom. The van der Waals surface area contributed by atoms with Crippen molar-refractivity contribution in [3.63, 3.8) is 0 Å². The minimum Gasteiger partial charge on any atom is -0.444 e. The van der Waals surface area contributed by atoms with Gasteiger partial charge in [0.1, 0.15) is 5.60 Å². The van der Waals surface area contributed by atoms with Crippen molar-refractivity contribution in [1.82, 2.24) is 10.2 Å². The van der Waals surface area contributed by atoms with E-state index in [9.17, 15) is 4.79 Å². The predicted molar refractivity (Wildman–Crippen MR) is 120 cm³/mol. The average Bonchev–Trinajstić information content (AvgIpc) is 2.81. The maximum atomic E-state index is 12.3. The number of carbonyl (C=O) groups is 1. The van der Waals surface area contributed by atoms with Gasteiger partial charge in [-0.3, -0.25) is 6.08 Å². The first-order valence-electron chi connectivity index (χ1n) is 10.8. The molecule has 2 heterocycles. The molecule has 1 aliphatic carbocycles. The number of rotatable bonds is 1. The van der Waals surface area contributed by atoms with E-state index in [1.807, 2.05) is 32.9 Å². The number of benzene rings is 1. The van der Waals surface area contributed by atoms with E-state index in [2.05, 4.69) is 23.5 Å². The summed E-state index contributed by atoms with van der Waals surface area (Å²) in [6.45, 7) is 7.66. The van der Waals surface area contributed by atoms with E-state index in [1.165, 1.54) is 24.8 Å². The minimum atomic E-state index is -0.492. The molecule has 2 N–H and O–H groups in total. The molecule has 31 heavy (non-hydrogen) atoms. The van der Waals surface area contributed by atoms with Gasteiger partial charge in [0.15, 0.2) is 0 Å². The topological polar surface area (TPSA) is 65.4 Å². The molecule has 0 bridgehead atoms. The summed E-state index contributed by atoms with van der Waals surface area (Å²) in [4.78, 5) is 14.0. The number of ether oxygens (including phenoxy) is 1. The van der Waals surface area contributed by atoms with E-state index in [4.69, 9.17) is 21.7 Å². The van der Waals surface area contributed by atoms with E-state index in [0.29, 0.717) is 31.6 Å². The van der Waals surface area contributed by atoms with E-state index in [1.54, 1.807) is 4.90 Å². The van der Waals surface area contributed by atoms with Crippen LogP contribution in [0.1, 0.15) is 64.4 Å². The number of fused-ring (bicyclic) bond motifs is 1. The fourth-order valence-electron chi connectivity index (χ4n) is 3.84. The van der Waals surface area contributed by atoms with Crippen LogP contribution in [0.5, 0.6) is 0 Å². The first-order chi connectivity index (χ1) is 14.2. The molecule has 0 spiro atoms. The third-order valence-corrected chi connectivity index (χ3v) is 5.81. The summed E-state index contributed by atoms with van der Waals surface area (Å²) in [5.74, 6) is 0.780. The Labute approximate surface area is 213 Å². The zero-order valence-electron chi connectivity index (χ0n) is 19.2. The summed E-state index contributed by atoms with van der Waals surface area (Å²) in [6.07, 6.45) is 8.38. The van der Waals surface area contributed by atoms with Gasteiger partial charge >= 0.3 is 35.7 Å². The molecule has 1 atom stereocenters. The van der Waals surface area contributed by atoms with Crippen LogP contribution in [0.15, 0.2) is 23.8 Å². The molecule has 1 aromatic rings. The van der Waals surface area contributed by atoms with Gasteiger partial charge in [0, 0.05) is 19.1 Å². The van der Waals surface area contributed by atoms with E-state index in [0.717, 1.165) is 23.1 Å². The summed E-state index contributed by atoms with van der Waals surface area (Å²) < 4.78 is 5.45. The largest absolute Gasteiger partial charge is 1.00 e. The Hall–Kier alpha value is -0.850. The van der Waals surface area contributed by atoms with Gasteiger partial charge < -0.3 is 20.4 Å². The van der Waals surface area contributed by atoms with E-state index in [-0.39, 0.29) is 41.7 Å². The fraction of sp³-hybridized carbons (Fsp3) is 0.583. The summed E-state index contributed by atoms with van der Waals surface area (Å²) >= 11 is 5.81. The van der Waals surface area contributed by atoms with Crippen molar-refractivity contribution >= 4 is 23.4 Å². The number of hydrogen-bond donors (Lipinski definition) is 2. The van der Waals surface area contributed by atoms with Crippen LogP contribution in [0.2, 0.25) is 5.02 Å². The van der Waals surface area contributed by atoms with Gasteiger partial charge in [0.2, 0.25) is 0 Å². The third kappa shape index (κ3) is 7.61. The maximum absolute atomic E-state index is 12.3. The number of halogens is 1. The molecule has 164 valence electrons. The smallest absolute Gasteiger partial charge is 0.444 e. The normalized spacial score (nSPS) is 21.3. The van der Waals surface area contributed by atoms with Gasteiger partial charge in [-0.05, 0) is 46.1 Å². The quantitative estimate of drug-likeness (QED) is 0.507. The molecule has 1 saturated carbocycles. The predicted octanol–water partition coefficient (Wildman–Crippen LogP) is 2.15. The van der Waals surface area contributed by atoms with Crippen LogP contribution < -0.4 is 34.9 Å². The van der Waals surface area contributed by atoms with Gasteiger partial charge in [-0.1, -0.05) is 24.3 Å². The number of carbonyl (C=O) groups excluding carboxylic acids is 1. The van der Waals surface area contributed by atoms with Crippen LogP contribution in [0, 0.1) is 17.6 Å². The SMILES string of the molecule is CC(C)(C)OC(=O)N1CC[C-]=C2C(=N)CCNCC21.Clc1[c-]ccc(C2CCC2)c1.[Na+]. The molecule has 1 unspecified atom stereocenters. The standard InChI is InChI=1S/C14H22N3O2.C10H10Cl.Na/c1-14(2,3)19-13(18)17-8-4-5-10-11(15)6-7-16-9-12(10)17;11-10-6-2-5-9(7-10)8-3-1-4-8;/h12,15-16H,4,6-9H2,1-3H3;2,5,7-8H,1,3-4H2;/q2*-1;+1. The van der Waals surface area contributed by atoms with E-state index >= 15 is 0 Å². The van der Waals surface area contributed by atoms with Gasteiger partial charge in [0.05, 0.1) is 0 Å². The monoisotopic (exact) mass is 452 g/mol. The molecular formula is C24H32ClN3NaO2-. The molecule has 5 nitrogen and oxygen atoms in total. The van der Waals surface area contributed by atoms with Crippen molar-refractivity contribution in [1.29, 1.82) is 5.41 Å². The van der Waals surface area contributed by atoms with Crippen molar-refractivity contribution in [3.05, 3.63) is 46.5 Å². The van der Waals surface area contributed by atoms with Crippen LogP contribution in [-0.4, -0.2) is 48.0 Å². The number of nitrogens with zero attached hydrogens (tertiary/aromatic N) is 1. The second-order valence-electron chi connectivity index (χ2n) is 9.06. The fourth-order valence-corrected chi connectivity index (χ4v) is 4.02. The number of amides is 1. The number of nitrogens with one attached hydrogen (secondary N) is 2. The van der Waals surface area contributed by atoms with Crippen LogP contribution in [0.3, 0.4) is 0 Å². The Bertz CT molecular complexity index is 802. The molecule has 1 amide bonds. The Kier molecular flexibility index (Phi) is 10.1. The minimum absolute atomic E-state index is 0. The first-order valence-corrected chi connectivity index (χ1v) is 11.2. The molecule has 0 aromatic heterocycles. The summed E-state index contributed by atoms with van der Waals surface area (Å²) in [7, 11) is 0. The van der Waals surface area contributed by atoms with Crippen molar-refractivity contribution < 1.29 is 39.1 Å². The molecule has 2 fully saturated rings. The van der Waals surface area contributed by atoms with Crippen molar-refractivity contribution in [2.45, 2.75) is 70.4 Å². The Morgan fingerprint density at radius 1 is 1.35 bits per heavy atom. The van der Waals surface area contributed by atoms with Gasteiger partial charge in [0.25, 0.3) is 0 Å². The summed E-state index contributed by atoms with van der Waals surface area (Å²) in [5, 5.41) is 12.1. The molecule has 1 saturated heterocycles. The van der Waals surface area contributed by atoms with Crippen LogP contribution in [0.25, 0.3) is 0 Å². The van der Waals surface area contributed by atoms with Crippen molar-refractivity contribution in [2.75, 3.05) is 19.6 Å². The van der Waals surface area contributed by atoms with E-state index < -0.39 is 5.60 Å². The maximum Gasteiger partial charge on any atom is 1.00 e. The van der Waals surface area contributed by atoms with Crippen molar-refractivity contribution in [3.8, 4) is 0 Å². The first kappa shape index (κ1) is 26.4. The van der Waals surface area contributed by atoms with Crippen LogP contribution >= 0.6 is 11.6 Å². The molecule has 0 radical (unpaired) electrons. The number of hydrogen-bond acceptors (Lipinski definition) is 4. The van der Waals surface area contributed by atoms with Gasteiger partial charge in [-0.15, -0.1) is 23.4 Å². The van der Waals surface area contributed by atoms with Gasteiger partial charge in [-0.2, -0.15) is 29.3 Å². The Balaban J connectivity index is 0.000000242. The zero-order chi connectivity index (χ0) is 21.7. The Morgan fingerprint density at radius 2 is 2.10 bits per heavy atom. The molecule has 4 rings (SSSR count). The average molecular weight is 453 g/mol.